The molecular weight excluding hydrogens is 248 g/mol. The number of fused-ring (bicyclic) bond motifs is 1. The monoisotopic (exact) mass is 265 g/mol. The van der Waals surface area contributed by atoms with Gasteiger partial charge in [-0.3, -0.25) is 10.1 Å². The van der Waals surface area contributed by atoms with E-state index < -0.39 is 0 Å². The van der Waals surface area contributed by atoms with Crippen molar-refractivity contribution >= 4 is 34.3 Å². The molecule has 0 saturated carbocycles. The standard InChI is InChI=1S/C13H16N2O2S/c1-2-3-4-7-18-12(16)9-5-6-10-11(8-9)15-13(17)14-10/h5-6,8H,2-4,7H2,1H3,(H2,14,15,17)/p+1. The summed E-state index contributed by atoms with van der Waals surface area (Å²) in [7, 11) is 0. The van der Waals surface area contributed by atoms with Crippen molar-refractivity contribution in [2.45, 2.75) is 26.2 Å². The van der Waals surface area contributed by atoms with E-state index in [9.17, 15) is 9.59 Å². The van der Waals surface area contributed by atoms with Crippen LogP contribution in [0.5, 0.6) is 0 Å². The minimum absolute atomic E-state index is 0.0849. The number of carbonyl (C=O) groups is 2. The van der Waals surface area contributed by atoms with E-state index in [0.717, 1.165) is 36.4 Å². The molecule has 1 aromatic carbocycles. The first kappa shape index (κ1) is 13.1. The van der Waals surface area contributed by atoms with Gasteiger partial charge < -0.3 is 0 Å². The third-order valence-corrected chi connectivity index (χ3v) is 3.80. The van der Waals surface area contributed by atoms with Gasteiger partial charge in [-0.1, -0.05) is 31.5 Å². The molecule has 2 amide bonds. The molecule has 96 valence electrons. The van der Waals surface area contributed by atoms with Crippen molar-refractivity contribution in [3.8, 4) is 0 Å². The van der Waals surface area contributed by atoms with Crippen molar-refractivity contribution in [3.63, 3.8) is 0 Å². The Morgan fingerprint density at radius 3 is 3.00 bits per heavy atom. The first-order valence-electron chi connectivity index (χ1n) is 6.17. The number of nitrogens with two attached hydrogens (primary N) is 1. The van der Waals surface area contributed by atoms with Gasteiger partial charge in [-0.05, 0) is 18.6 Å². The number of carbonyl (C=O) groups excluding carboxylic acids is 2. The molecule has 0 aliphatic carbocycles. The van der Waals surface area contributed by atoms with Gasteiger partial charge in [0.05, 0.1) is 0 Å². The summed E-state index contributed by atoms with van der Waals surface area (Å²) < 4.78 is 0. The summed E-state index contributed by atoms with van der Waals surface area (Å²) in [6, 6.07) is 5.22. The summed E-state index contributed by atoms with van der Waals surface area (Å²) in [6.07, 6.45) is 3.40. The fraction of sp³-hybridized carbons (Fsp3) is 0.385. The van der Waals surface area contributed by atoms with E-state index in [4.69, 9.17) is 0 Å². The van der Waals surface area contributed by atoms with Crippen molar-refractivity contribution < 1.29 is 14.9 Å². The number of anilines is 1. The zero-order valence-corrected chi connectivity index (χ0v) is 11.2. The van der Waals surface area contributed by atoms with Gasteiger partial charge in [0.15, 0.2) is 5.69 Å². The average molecular weight is 265 g/mol. The molecule has 3 N–H and O–H groups in total. The van der Waals surface area contributed by atoms with Gasteiger partial charge in [0.25, 0.3) is 0 Å². The second-order valence-electron chi connectivity index (χ2n) is 4.28. The van der Waals surface area contributed by atoms with Gasteiger partial charge in [-0.2, -0.15) is 0 Å². The number of benzene rings is 1. The molecule has 0 spiro atoms. The number of quaternary nitrogens is 1. The van der Waals surface area contributed by atoms with E-state index in [-0.39, 0.29) is 11.1 Å². The third kappa shape index (κ3) is 3.11. The number of urea groups is 1. The molecule has 0 radical (unpaired) electrons. The number of hydrogen-bond donors (Lipinski definition) is 2. The third-order valence-electron chi connectivity index (χ3n) is 2.81. The number of amides is 2. The summed E-state index contributed by atoms with van der Waals surface area (Å²) in [5, 5.41) is 4.32. The smallest absolute Gasteiger partial charge is 0.282 e. The van der Waals surface area contributed by atoms with Crippen molar-refractivity contribution in [1.29, 1.82) is 0 Å². The Hall–Kier alpha value is -1.33. The summed E-state index contributed by atoms with van der Waals surface area (Å²) in [4.78, 5) is 23.1. The number of rotatable bonds is 5. The maximum absolute atomic E-state index is 11.9. The molecule has 0 aromatic heterocycles. The molecular formula is C13H17N2O2S+. The second-order valence-corrected chi connectivity index (χ2v) is 5.35. The van der Waals surface area contributed by atoms with Crippen LogP contribution in [0.3, 0.4) is 0 Å². The van der Waals surface area contributed by atoms with Crippen LogP contribution in [0.15, 0.2) is 18.2 Å². The van der Waals surface area contributed by atoms with Gasteiger partial charge in [-0.15, -0.1) is 0 Å². The lowest BCUT2D eigenvalue weighted by Gasteiger charge is -2.01. The lowest BCUT2D eigenvalue weighted by Crippen LogP contribution is -2.80. The molecule has 18 heavy (non-hydrogen) atoms. The Morgan fingerprint density at radius 1 is 1.39 bits per heavy atom. The predicted molar refractivity (Wildman–Crippen MR) is 73.4 cm³/mol. The van der Waals surface area contributed by atoms with E-state index in [1.54, 1.807) is 18.2 Å². The lowest BCUT2D eigenvalue weighted by molar-refractivity contribution is -0.453. The number of hydrogen-bond acceptors (Lipinski definition) is 3. The quantitative estimate of drug-likeness (QED) is 0.635. The van der Waals surface area contributed by atoms with Crippen LogP contribution in [-0.2, 0) is 0 Å². The normalized spacial score (nSPS) is 13.3. The van der Waals surface area contributed by atoms with Crippen LogP contribution in [0.4, 0.5) is 16.2 Å². The molecule has 0 saturated heterocycles. The van der Waals surface area contributed by atoms with E-state index in [1.807, 2.05) is 0 Å². The Morgan fingerprint density at radius 2 is 2.22 bits per heavy atom. The summed E-state index contributed by atoms with van der Waals surface area (Å²) >= 11 is 1.36. The molecule has 5 heteroatoms. The maximum atomic E-state index is 11.9. The molecule has 2 rings (SSSR count). The van der Waals surface area contributed by atoms with Crippen molar-refractivity contribution in [2.24, 2.45) is 0 Å². The highest BCUT2D eigenvalue weighted by Crippen LogP contribution is 2.24. The minimum Gasteiger partial charge on any atom is -0.282 e. The van der Waals surface area contributed by atoms with Crippen molar-refractivity contribution in [1.82, 2.24) is 0 Å². The maximum Gasteiger partial charge on any atom is 0.423 e. The van der Waals surface area contributed by atoms with Gasteiger partial charge >= 0.3 is 6.03 Å². The fourth-order valence-corrected chi connectivity index (χ4v) is 2.66. The number of primary amides is 1. The molecule has 0 bridgehead atoms. The molecule has 4 nitrogen and oxygen atoms in total. The fourth-order valence-electron chi connectivity index (χ4n) is 1.83. The Balaban J connectivity index is 1.95. The highest BCUT2D eigenvalue weighted by molar-refractivity contribution is 8.14. The largest absolute Gasteiger partial charge is 0.423 e. The first-order valence-corrected chi connectivity index (χ1v) is 7.16. The van der Waals surface area contributed by atoms with Gasteiger partial charge in [0, 0.05) is 17.4 Å². The molecule has 1 aromatic rings. The summed E-state index contributed by atoms with van der Waals surface area (Å²) in [5.41, 5.74) is 2.26. The van der Waals surface area contributed by atoms with Crippen LogP contribution < -0.4 is 10.6 Å². The van der Waals surface area contributed by atoms with E-state index >= 15 is 0 Å². The molecule has 1 aliphatic rings. The topological polar surface area (TPSA) is 62.8 Å². The zero-order valence-electron chi connectivity index (χ0n) is 10.4. The van der Waals surface area contributed by atoms with Crippen molar-refractivity contribution in [2.75, 3.05) is 11.1 Å². The van der Waals surface area contributed by atoms with E-state index in [0.29, 0.717) is 5.56 Å². The second kappa shape index (κ2) is 6.02. The minimum atomic E-state index is -0.120. The SMILES string of the molecule is CCCCCSC(=O)c1ccc2c(c1)[NH2+]C(=O)N2. The van der Waals surface area contributed by atoms with Crippen LogP contribution >= 0.6 is 11.8 Å². The van der Waals surface area contributed by atoms with Gasteiger partial charge in [0.2, 0.25) is 5.12 Å². The van der Waals surface area contributed by atoms with Gasteiger partial charge in [-0.25, -0.2) is 10.1 Å². The molecule has 0 atom stereocenters. The molecule has 0 unspecified atom stereocenters. The van der Waals surface area contributed by atoms with E-state index in [1.165, 1.54) is 17.1 Å². The highest BCUT2D eigenvalue weighted by atomic mass is 32.2. The van der Waals surface area contributed by atoms with Crippen LogP contribution in [0.2, 0.25) is 0 Å². The summed E-state index contributed by atoms with van der Waals surface area (Å²) in [5.74, 6) is 0.866. The average Bonchev–Trinajstić information content (AvgIpc) is 2.73. The lowest BCUT2D eigenvalue weighted by atomic mass is 10.2. The number of unbranched alkanes of at least 4 members (excludes halogenated alkanes) is 2. The van der Waals surface area contributed by atoms with E-state index in [2.05, 4.69) is 12.2 Å². The van der Waals surface area contributed by atoms with Gasteiger partial charge in [0.1, 0.15) is 5.69 Å². The van der Waals surface area contributed by atoms with Crippen LogP contribution in [0, 0.1) is 0 Å². The zero-order chi connectivity index (χ0) is 13.0. The Kier molecular flexibility index (Phi) is 4.38. The Labute approximate surface area is 111 Å². The molecule has 1 heterocycles. The predicted octanol–water partition coefficient (Wildman–Crippen LogP) is 2.49. The number of nitrogens with one attached hydrogen (secondary N) is 1. The van der Waals surface area contributed by atoms with Crippen LogP contribution in [-0.4, -0.2) is 16.9 Å². The number of thioether (sulfide) groups is 1. The van der Waals surface area contributed by atoms with Crippen LogP contribution in [0.25, 0.3) is 0 Å². The van der Waals surface area contributed by atoms with Crippen LogP contribution in [0.1, 0.15) is 36.5 Å². The first-order chi connectivity index (χ1) is 8.70. The Bertz CT molecular complexity index is 474. The highest BCUT2D eigenvalue weighted by Gasteiger charge is 2.23. The summed E-state index contributed by atoms with van der Waals surface area (Å²) in [6.45, 7) is 2.15. The molecule has 1 aliphatic heterocycles. The molecule has 0 fully saturated rings. The van der Waals surface area contributed by atoms with Crippen molar-refractivity contribution in [3.05, 3.63) is 23.8 Å².